The van der Waals surface area contributed by atoms with E-state index in [-0.39, 0.29) is 11.9 Å². The van der Waals surface area contributed by atoms with Crippen molar-refractivity contribution in [2.45, 2.75) is 32.2 Å². The number of anilines is 1. The molecule has 1 N–H and O–H groups in total. The van der Waals surface area contributed by atoms with Crippen molar-refractivity contribution in [2.75, 3.05) is 18.4 Å². The van der Waals surface area contributed by atoms with E-state index in [2.05, 4.69) is 25.3 Å². The first-order valence-corrected chi connectivity index (χ1v) is 7.90. The van der Waals surface area contributed by atoms with Gasteiger partial charge in [-0.05, 0) is 19.4 Å². The number of likely N-dealkylation sites (tertiary alicyclic amines) is 1. The van der Waals surface area contributed by atoms with Crippen molar-refractivity contribution >= 4 is 22.4 Å². The van der Waals surface area contributed by atoms with Gasteiger partial charge in [-0.1, -0.05) is 12.1 Å². The molecule has 21 heavy (non-hydrogen) atoms. The number of thiazole rings is 1. The van der Waals surface area contributed by atoms with Gasteiger partial charge in [-0.25, -0.2) is 4.98 Å². The van der Waals surface area contributed by atoms with E-state index in [1.165, 1.54) is 11.3 Å². The summed E-state index contributed by atoms with van der Waals surface area (Å²) in [5, 5.41) is 9.29. The number of hydrogen-bond donors (Lipinski definition) is 1. The highest BCUT2D eigenvalue weighted by molar-refractivity contribution is 7.13. The van der Waals surface area contributed by atoms with Crippen LogP contribution in [0.1, 0.15) is 37.5 Å². The number of aryl methyl sites for hydroxylation is 1. The first-order valence-electron chi connectivity index (χ1n) is 7.02. The second kappa shape index (κ2) is 6.31. The Bertz CT molecular complexity index is 597. The molecule has 0 aliphatic carbocycles. The molecular weight excluding hydrogens is 290 g/mol. The molecule has 3 rings (SSSR count). The minimum atomic E-state index is -0.0592. The largest absolute Gasteiger partial charge is 0.339 e. The first-order chi connectivity index (χ1) is 10.3. The van der Waals surface area contributed by atoms with E-state index in [1.807, 2.05) is 12.3 Å². The molecule has 0 spiro atoms. The third-order valence-electron chi connectivity index (χ3n) is 3.47. The monoisotopic (exact) mass is 307 g/mol. The van der Waals surface area contributed by atoms with Crippen LogP contribution < -0.4 is 5.32 Å². The Balaban J connectivity index is 1.62. The van der Waals surface area contributed by atoms with Gasteiger partial charge in [0.05, 0.1) is 12.6 Å². The highest BCUT2D eigenvalue weighted by Crippen LogP contribution is 2.29. The van der Waals surface area contributed by atoms with E-state index < -0.39 is 0 Å². The van der Waals surface area contributed by atoms with Gasteiger partial charge in [0, 0.05) is 18.0 Å². The van der Waals surface area contributed by atoms with E-state index in [1.54, 1.807) is 6.20 Å². The molecule has 1 amide bonds. The normalized spacial score (nSPS) is 19.0. The lowest BCUT2D eigenvalue weighted by Crippen LogP contribution is -2.33. The van der Waals surface area contributed by atoms with Crippen molar-refractivity contribution in [3.05, 3.63) is 23.3 Å². The minimum Gasteiger partial charge on any atom is -0.339 e. The first kappa shape index (κ1) is 14.2. The minimum absolute atomic E-state index is 0.0592. The highest BCUT2D eigenvalue weighted by atomic mass is 32.1. The van der Waals surface area contributed by atoms with Crippen molar-refractivity contribution in [3.63, 3.8) is 0 Å². The van der Waals surface area contributed by atoms with Crippen LogP contribution in [0.5, 0.6) is 0 Å². The fourth-order valence-corrected chi connectivity index (χ4v) is 3.03. The molecule has 0 radical (unpaired) electrons. The number of hydrogen-bond acceptors (Lipinski definition) is 7. The molecule has 1 atom stereocenters. The molecule has 1 saturated heterocycles. The van der Waals surface area contributed by atoms with Crippen LogP contribution in [0, 0.1) is 0 Å². The van der Waals surface area contributed by atoms with Gasteiger partial charge in [-0.2, -0.15) is 4.98 Å². The van der Waals surface area contributed by atoms with Gasteiger partial charge >= 0.3 is 0 Å². The Hall–Kier alpha value is -1.80. The second-order valence-corrected chi connectivity index (χ2v) is 5.81. The van der Waals surface area contributed by atoms with Gasteiger partial charge in [0.15, 0.2) is 11.0 Å². The number of rotatable bonds is 5. The van der Waals surface area contributed by atoms with Gasteiger partial charge < -0.3 is 9.84 Å². The van der Waals surface area contributed by atoms with Crippen LogP contribution in [0.3, 0.4) is 0 Å². The third kappa shape index (κ3) is 3.27. The lowest BCUT2D eigenvalue weighted by atomic mass is 10.2. The molecule has 1 aliphatic rings. The topological polar surface area (TPSA) is 84.2 Å². The zero-order valence-corrected chi connectivity index (χ0v) is 12.6. The maximum absolute atomic E-state index is 12.1. The Morgan fingerprint density at radius 3 is 3.24 bits per heavy atom. The van der Waals surface area contributed by atoms with Gasteiger partial charge in [-0.3, -0.25) is 9.69 Å². The molecule has 1 fully saturated rings. The standard InChI is InChI=1S/C13H17N5O2S/c1-2-11-16-12(17-20-11)9-4-3-6-18(9)8-10(19)15-13-14-5-7-21-13/h5,7,9H,2-4,6,8H2,1H3,(H,14,15,19)/t9-/m0/s1. The molecule has 0 saturated carbocycles. The number of nitrogens with one attached hydrogen (secondary N) is 1. The molecule has 1 aliphatic heterocycles. The van der Waals surface area contributed by atoms with Gasteiger partial charge in [0.1, 0.15) is 0 Å². The molecule has 0 unspecified atom stereocenters. The number of aromatic nitrogens is 3. The summed E-state index contributed by atoms with van der Waals surface area (Å²) in [6.45, 7) is 3.16. The predicted molar refractivity (Wildman–Crippen MR) is 78.0 cm³/mol. The van der Waals surface area contributed by atoms with Crippen LogP contribution in [0.25, 0.3) is 0 Å². The SMILES string of the molecule is CCc1nc([C@@H]2CCCN2CC(=O)Nc2nccs2)no1. The Morgan fingerprint density at radius 1 is 1.62 bits per heavy atom. The van der Waals surface area contributed by atoms with E-state index in [0.29, 0.717) is 23.4 Å². The summed E-state index contributed by atoms with van der Waals surface area (Å²) in [7, 11) is 0. The van der Waals surface area contributed by atoms with Crippen molar-refractivity contribution in [1.82, 2.24) is 20.0 Å². The van der Waals surface area contributed by atoms with E-state index in [4.69, 9.17) is 4.52 Å². The average molecular weight is 307 g/mol. The number of amides is 1. The van der Waals surface area contributed by atoms with E-state index in [0.717, 1.165) is 25.8 Å². The molecule has 112 valence electrons. The van der Waals surface area contributed by atoms with Crippen molar-refractivity contribution < 1.29 is 9.32 Å². The van der Waals surface area contributed by atoms with Gasteiger partial charge in [-0.15, -0.1) is 11.3 Å². The molecule has 8 heteroatoms. The number of nitrogens with zero attached hydrogens (tertiary/aromatic N) is 4. The van der Waals surface area contributed by atoms with Crippen LogP contribution in [0.2, 0.25) is 0 Å². The maximum atomic E-state index is 12.1. The van der Waals surface area contributed by atoms with Crippen molar-refractivity contribution in [2.24, 2.45) is 0 Å². The molecule has 0 bridgehead atoms. The molecule has 2 aromatic heterocycles. The summed E-state index contributed by atoms with van der Waals surface area (Å²) in [5.41, 5.74) is 0. The predicted octanol–water partition coefficient (Wildman–Crippen LogP) is 1.86. The molecule has 3 heterocycles. The summed E-state index contributed by atoms with van der Waals surface area (Å²) >= 11 is 1.41. The van der Waals surface area contributed by atoms with Crippen LogP contribution >= 0.6 is 11.3 Å². The van der Waals surface area contributed by atoms with E-state index in [9.17, 15) is 4.79 Å². The Labute approximate surface area is 126 Å². The van der Waals surface area contributed by atoms with E-state index >= 15 is 0 Å². The van der Waals surface area contributed by atoms with Gasteiger partial charge in [0.25, 0.3) is 0 Å². The summed E-state index contributed by atoms with van der Waals surface area (Å²) < 4.78 is 5.17. The third-order valence-corrected chi connectivity index (χ3v) is 4.16. The Morgan fingerprint density at radius 2 is 2.52 bits per heavy atom. The summed E-state index contributed by atoms with van der Waals surface area (Å²) in [6.07, 6.45) is 4.38. The van der Waals surface area contributed by atoms with Crippen LogP contribution in [0.15, 0.2) is 16.1 Å². The van der Waals surface area contributed by atoms with Gasteiger partial charge in [0.2, 0.25) is 11.8 Å². The van der Waals surface area contributed by atoms with Crippen LogP contribution in [-0.2, 0) is 11.2 Å². The average Bonchev–Trinajstić information content (AvgIpc) is 3.18. The molecular formula is C13H17N5O2S. The zero-order chi connectivity index (χ0) is 14.7. The van der Waals surface area contributed by atoms with Crippen LogP contribution in [-0.4, -0.2) is 39.0 Å². The molecule has 0 aromatic carbocycles. The fourth-order valence-electron chi connectivity index (χ4n) is 2.48. The Kier molecular flexibility index (Phi) is 4.26. The second-order valence-electron chi connectivity index (χ2n) is 4.91. The van der Waals surface area contributed by atoms with Crippen LogP contribution in [0.4, 0.5) is 5.13 Å². The summed E-state index contributed by atoms with van der Waals surface area (Å²) in [5.74, 6) is 1.27. The highest BCUT2D eigenvalue weighted by Gasteiger charge is 2.31. The zero-order valence-electron chi connectivity index (χ0n) is 11.8. The summed E-state index contributed by atoms with van der Waals surface area (Å²) in [4.78, 5) is 22.6. The number of carbonyl (C=O) groups excluding carboxylic acids is 1. The maximum Gasteiger partial charge on any atom is 0.240 e. The fraction of sp³-hybridized carbons (Fsp3) is 0.538. The van der Waals surface area contributed by atoms with Crippen molar-refractivity contribution in [3.8, 4) is 0 Å². The molecule has 7 nitrogen and oxygen atoms in total. The van der Waals surface area contributed by atoms with Crippen molar-refractivity contribution in [1.29, 1.82) is 0 Å². The smallest absolute Gasteiger partial charge is 0.240 e. The lowest BCUT2D eigenvalue weighted by molar-refractivity contribution is -0.117. The molecule has 2 aromatic rings. The lowest BCUT2D eigenvalue weighted by Gasteiger charge is -2.20. The quantitative estimate of drug-likeness (QED) is 0.907. The summed E-state index contributed by atoms with van der Waals surface area (Å²) in [6, 6.07) is 0.0658. The number of carbonyl (C=O) groups is 1.